The van der Waals surface area contributed by atoms with Crippen LogP contribution in [-0.2, 0) is 21.3 Å². The largest absolute Gasteiger partial charge is 0.383 e. The number of halogens is 2. The number of nitrogens with one attached hydrogen (secondary N) is 1. The lowest BCUT2D eigenvalue weighted by atomic mass is 10.2. The summed E-state index contributed by atoms with van der Waals surface area (Å²) in [6.07, 6.45) is 0. The van der Waals surface area contributed by atoms with Gasteiger partial charge in [-0.1, -0.05) is 41.2 Å². The number of sulfonamides is 1. The van der Waals surface area contributed by atoms with E-state index in [1.807, 2.05) is 6.92 Å². The minimum Gasteiger partial charge on any atom is -0.383 e. The van der Waals surface area contributed by atoms with E-state index in [1.54, 1.807) is 24.3 Å². The second-order valence-electron chi connectivity index (χ2n) is 7.64. The Morgan fingerprint density at radius 2 is 1.83 bits per heavy atom. The second-order valence-corrected chi connectivity index (χ2v) is 10.3. The van der Waals surface area contributed by atoms with Gasteiger partial charge in [-0.25, -0.2) is 17.2 Å². The number of nitrogens with zero attached hydrogens (tertiary/aromatic N) is 2. The molecule has 1 N–H and O–H groups in total. The lowest BCUT2D eigenvalue weighted by Crippen LogP contribution is -2.20. The number of thiazole rings is 1. The highest BCUT2D eigenvalue weighted by atomic mass is 32.2. The summed E-state index contributed by atoms with van der Waals surface area (Å²) >= 11 is 0.944. The molecule has 0 aliphatic rings. The van der Waals surface area contributed by atoms with E-state index in [-0.39, 0.29) is 44.3 Å². The molecule has 3 aromatic carbocycles. The second kappa shape index (κ2) is 10.1. The van der Waals surface area contributed by atoms with Crippen molar-refractivity contribution in [3.63, 3.8) is 0 Å². The summed E-state index contributed by atoms with van der Waals surface area (Å²) in [5, 5.41) is 0. The van der Waals surface area contributed by atoms with Crippen LogP contribution in [0.15, 0.2) is 70.6 Å². The molecule has 0 bridgehead atoms. The molecule has 35 heavy (non-hydrogen) atoms. The molecule has 0 radical (unpaired) electrons. The molecule has 1 aromatic heterocycles. The van der Waals surface area contributed by atoms with Gasteiger partial charge in [0.05, 0.1) is 33.0 Å². The van der Waals surface area contributed by atoms with Crippen LogP contribution in [0.5, 0.6) is 0 Å². The lowest BCUT2D eigenvalue weighted by molar-refractivity contribution is 0.0998. The molecule has 1 amide bonds. The third-order valence-electron chi connectivity index (χ3n) is 5.14. The van der Waals surface area contributed by atoms with E-state index in [1.165, 1.54) is 42.0 Å². The molecule has 0 aliphatic carbocycles. The number of ether oxygens (including phenoxy) is 1. The molecule has 11 heteroatoms. The number of aromatic nitrogens is 1. The van der Waals surface area contributed by atoms with Gasteiger partial charge in [-0.2, -0.15) is 4.99 Å². The standard InChI is InChI=1S/C24H21F2N3O4S2/c1-15-7-9-17(10-8-15)35(31,32)28-20-6-4-3-5-18(20)23(30)27-24-29(11-12-33-2)22-19(26)13-16(25)14-21(22)34-24/h3-10,13-14,28H,11-12H2,1-2H3. The first kappa shape index (κ1) is 24.7. The molecule has 0 spiro atoms. The first-order valence-corrected chi connectivity index (χ1v) is 12.7. The number of benzene rings is 3. The van der Waals surface area contributed by atoms with E-state index >= 15 is 0 Å². The van der Waals surface area contributed by atoms with Crippen LogP contribution in [0.25, 0.3) is 10.2 Å². The van der Waals surface area contributed by atoms with Crippen molar-refractivity contribution in [2.75, 3.05) is 18.4 Å². The Morgan fingerprint density at radius 3 is 2.54 bits per heavy atom. The first-order chi connectivity index (χ1) is 16.7. The van der Waals surface area contributed by atoms with E-state index < -0.39 is 27.6 Å². The van der Waals surface area contributed by atoms with Crippen LogP contribution in [0.2, 0.25) is 0 Å². The van der Waals surface area contributed by atoms with Crippen molar-refractivity contribution in [3.05, 3.63) is 88.2 Å². The van der Waals surface area contributed by atoms with Gasteiger partial charge < -0.3 is 9.30 Å². The Labute approximate surface area is 204 Å². The summed E-state index contributed by atoms with van der Waals surface area (Å²) in [7, 11) is -2.49. The van der Waals surface area contributed by atoms with Gasteiger partial charge in [-0.3, -0.25) is 9.52 Å². The summed E-state index contributed by atoms with van der Waals surface area (Å²) in [6, 6.07) is 14.3. The molecule has 4 aromatic rings. The Kier molecular flexibility index (Phi) is 7.10. The summed E-state index contributed by atoms with van der Waals surface area (Å²) in [5.74, 6) is -2.28. The molecule has 0 saturated carbocycles. The molecule has 7 nitrogen and oxygen atoms in total. The number of carbonyl (C=O) groups is 1. The highest BCUT2D eigenvalue weighted by Crippen LogP contribution is 2.24. The van der Waals surface area contributed by atoms with Crippen LogP contribution in [0.3, 0.4) is 0 Å². The van der Waals surface area contributed by atoms with Crippen LogP contribution >= 0.6 is 11.3 Å². The zero-order valence-corrected chi connectivity index (χ0v) is 20.4. The molecule has 0 atom stereocenters. The van der Waals surface area contributed by atoms with Crippen LogP contribution in [0.1, 0.15) is 15.9 Å². The van der Waals surface area contributed by atoms with Gasteiger partial charge in [0.15, 0.2) is 10.6 Å². The SMILES string of the molecule is COCCn1c(=NC(=O)c2ccccc2NS(=O)(=O)c2ccc(C)cc2)sc2cc(F)cc(F)c21. The number of carbonyl (C=O) groups excluding carboxylic acids is 1. The topological polar surface area (TPSA) is 89.8 Å². The van der Waals surface area contributed by atoms with E-state index in [4.69, 9.17) is 4.74 Å². The molecule has 182 valence electrons. The highest BCUT2D eigenvalue weighted by Gasteiger charge is 2.19. The number of hydrogen-bond acceptors (Lipinski definition) is 5. The van der Waals surface area contributed by atoms with Crippen LogP contribution in [0, 0.1) is 18.6 Å². The number of anilines is 1. The molecule has 0 aliphatic heterocycles. The van der Waals surface area contributed by atoms with Gasteiger partial charge in [-0.05, 0) is 37.3 Å². The average molecular weight is 518 g/mol. The summed E-state index contributed by atoms with van der Waals surface area (Å²) in [5.41, 5.74) is 1.06. The lowest BCUT2D eigenvalue weighted by Gasteiger charge is -2.11. The number of methoxy groups -OCH3 is 1. The zero-order valence-electron chi connectivity index (χ0n) is 18.8. The maximum atomic E-state index is 14.5. The minimum atomic E-state index is -3.96. The van der Waals surface area contributed by atoms with Gasteiger partial charge in [0, 0.05) is 19.7 Å². The van der Waals surface area contributed by atoms with Crippen molar-refractivity contribution in [3.8, 4) is 0 Å². The van der Waals surface area contributed by atoms with E-state index in [0.717, 1.165) is 23.0 Å². The maximum absolute atomic E-state index is 14.5. The summed E-state index contributed by atoms with van der Waals surface area (Å²) in [4.78, 5) is 17.4. The smallest absolute Gasteiger partial charge is 0.281 e. The average Bonchev–Trinajstić information content (AvgIpc) is 3.14. The molecule has 1 heterocycles. The van der Waals surface area contributed by atoms with Crippen LogP contribution < -0.4 is 9.52 Å². The quantitative estimate of drug-likeness (QED) is 0.392. The predicted molar refractivity (Wildman–Crippen MR) is 130 cm³/mol. The number of fused-ring (bicyclic) bond motifs is 1. The van der Waals surface area contributed by atoms with E-state index in [0.29, 0.717) is 0 Å². The summed E-state index contributed by atoms with van der Waals surface area (Å²) in [6.45, 7) is 2.22. The third kappa shape index (κ3) is 5.31. The Balaban J connectivity index is 1.77. The number of amides is 1. The molecule has 4 rings (SSSR count). The third-order valence-corrected chi connectivity index (χ3v) is 7.55. The Bertz CT molecular complexity index is 1580. The van der Waals surface area contributed by atoms with Gasteiger partial charge in [0.1, 0.15) is 5.82 Å². The molecular weight excluding hydrogens is 496 g/mol. The van der Waals surface area contributed by atoms with Crippen molar-refractivity contribution < 1.29 is 26.7 Å². The Morgan fingerprint density at radius 1 is 1.11 bits per heavy atom. The van der Waals surface area contributed by atoms with Gasteiger partial charge >= 0.3 is 0 Å². The van der Waals surface area contributed by atoms with Crippen LogP contribution in [0.4, 0.5) is 14.5 Å². The van der Waals surface area contributed by atoms with Gasteiger partial charge in [-0.15, -0.1) is 0 Å². The predicted octanol–water partition coefficient (Wildman–Crippen LogP) is 4.48. The highest BCUT2D eigenvalue weighted by molar-refractivity contribution is 7.92. The minimum absolute atomic E-state index is 0.00517. The van der Waals surface area contributed by atoms with Crippen LogP contribution in [-0.4, -0.2) is 32.6 Å². The number of hydrogen-bond donors (Lipinski definition) is 1. The number of aryl methyl sites for hydroxylation is 1. The van der Waals surface area contributed by atoms with Crippen molar-refractivity contribution in [1.82, 2.24) is 4.57 Å². The molecule has 0 saturated heterocycles. The van der Waals surface area contributed by atoms with Crippen molar-refractivity contribution in [2.24, 2.45) is 4.99 Å². The molecule has 0 unspecified atom stereocenters. The zero-order chi connectivity index (χ0) is 25.2. The number of rotatable bonds is 7. The van der Waals surface area contributed by atoms with Gasteiger partial charge in [0.25, 0.3) is 15.9 Å². The molecule has 0 fully saturated rings. The van der Waals surface area contributed by atoms with E-state index in [2.05, 4.69) is 9.71 Å². The normalized spacial score (nSPS) is 12.3. The van der Waals surface area contributed by atoms with E-state index in [9.17, 15) is 22.0 Å². The summed E-state index contributed by atoms with van der Waals surface area (Å²) < 4.78 is 63.3. The molecular formula is C24H21F2N3O4S2. The van der Waals surface area contributed by atoms with Crippen molar-refractivity contribution in [2.45, 2.75) is 18.4 Å². The van der Waals surface area contributed by atoms with Crippen molar-refractivity contribution in [1.29, 1.82) is 0 Å². The Hall–Kier alpha value is -3.41. The van der Waals surface area contributed by atoms with Gasteiger partial charge in [0.2, 0.25) is 0 Å². The maximum Gasteiger partial charge on any atom is 0.281 e. The van der Waals surface area contributed by atoms with Crippen molar-refractivity contribution >= 4 is 43.2 Å². The number of para-hydroxylation sites is 1. The first-order valence-electron chi connectivity index (χ1n) is 10.4. The fraction of sp³-hybridized carbons (Fsp3) is 0.167. The fourth-order valence-corrected chi connectivity index (χ4v) is 5.60. The monoisotopic (exact) mass is 517 g/mol. The fourth-order valence-electron chi connectivity index (χ4n) is 3.43.